The predicted molar refractivity (Wildman–Crippen MR) is 106 cm³/mol. The Morgan fingerprint density at radius 2 is 1.81 bits per heavy atom. The average Bonchev–Trinajstić information content (AvgIpc) is 2.71. The lowest BCUT2D eigenvalue weighted by Crippen LogP contribution is -2.54. The molecular weight excluding hydrogens is 340 g/mol. The molecule has 0 aromatic heterocycles. The molecule has 0 bridgehead atoms. The largest absolute Gasteiger partial charge is 0.486 e. The van der Waals surface area contributed by atoms with Crippen LogP contribution >= 0.6 is 0 Å². The third-order valence-corrected chi connectivity index (χ3v) is 6.38. The summed E-state index contributed by atoms with van der Waals surface area (Å²) in [5.74, 6) is 2.60. The Balaban J connectivity index is 1.35. The molecule has 1 saturated heterocycles. The zero-order chi connectivity index (χ0) is 18.5. The highest BCUT2D eigenvalue weighted by Crippen LogP contribution is 2.31. The summed E-state index contributed by atoms with van der Waals surface area (Å²) in [4.78, 5) is 5.19. The maximum atomic E-state index is 9.57. The van der Waals surface area contributed by atoms with Crippen molar-refractivity contribution < 1.29 is 14.6 Å². The number of aliphatic hydroxyl groups is 1. The van der Waals surface area contributed by atoms with Crippen molar-refractivity contribution in [1.82, 2.24) is 9.80 Å². The fourth-order valence-electron chi connectivity index (χ4n) is 4.91. The van der Waals surface area contributed by atoms with Gasteiger partial charge in [-0.1, -0.05) is 25.3 Å². The molecule has 2 fully saturated rings. The van der Waals surface area contributed by atoms with E-state index in [0.717, 1.165) is 50.0 Å². The number of aliphatic hydroxyl groups excluding tert-OH is 1. The molecule has 4 rings (SSSR count). The Labute approximate surface area is 163 Å². The smallest absolute Gasteiger partial charge is 0.161 e. The Morgan fingerprint density at radius 3 is 2.63 bits per heavy atom. The van der Waals surface area contributed by atoms with Crippen molar-refractivity contribution in [3.8, 4) is 11.5 Å². The van der Waals surface area contributed by atoms with Crippen molar-refractivity contribution in [2.75, 3.05) is 46.0 Å². The van der Waals surface area contributed by atoms with Gasteiger partial charge in [-0.3, -0.25) is 9.80 Å². The lowest BCUT2D eigenvalue weighted by atomic mass is 9.88. The lowest BCUT2D eigenvalue weighted by Gasteiger charge is -2.43. The summed E-state index contributed by atoms with van der Waals surface area (Å²) in [6.07, 6.45) is 7.88. The van der Waals surface area contributed by atoms with E-state index < -0.39 is 0 Å². The third-order valence-electron chi connectivity index (χ3n) is 6.38. The number of fused-ring (bicyclic) bond motifs is 1. The molecule has 5 nitrogen and oxygen atoms in total. The molecule has 0 spiro atoms. The van der Waals surface area contributed by atoms with Crippen LogP contribution in [0.4, 0.5) is 0 Å². The molecule has 0 amide bonds. The fraction of sp³-hybridized carbons (Fsp3) is 0.727. The minimum atomic E-state index is 0.281. The van der Waals surface area contributed by atoms with Gasteiger partial charge in [-0.15, -0.1) is 0 Å². The molecule has 150 valence electrons. The van der Waals surface area contributed by atoms with Gasteiger partial charge >= 0.3 is 0 Å². The molecule has 3 aliphatic rings. The van der Waals surface area contributed by atoms with Gasteiger partial charge in [-0.25, -0.2) is 0 Å². The van der Waals surface area contributed by atoms with Crippen molar-refractivity contribution in [3.05, 3.63) is 23.8 Å². The molecule has 27 heavy (non-hydrogen) atoms. The van der Waals surface area contributed by atoms with Gasteiger partial charge in [-0.2, -0.15) is 0 Å². The molecule has 0 radical (unpaired) electrons. The maximum Gasteiger partial charge on any atom is 0.161 e. The van der Waals surface area contributed by atoms with Crippen LogP contribution in [0, 0.1) is 5.92 Å². The summed E-state index contributed by atoms with van der Waals surface area (Å²) in [6.45, 7) is 6.98. The minimum Gasteiger partial charge on any atom is -0.486 e. The Hall–Kier alpha value is -1.30. The Kier molecular flexibility index (Phi) is 6.53. The van der Waals surface area contributed by atoms with Crippen LogP contribution in [0.2, 0.25) is 0 Å². The van der Waals surface area contributed by atoms with Gasteiger partial charge in [0, 0.05) is 45.4 Å². The molecular formula is C22H34N2O3. The van der Waals surface area contributed by atoms with Gasteiger partial charge < -0.3 is 14.6 Å². The standard InChI is InChI=1S/C22H34N2O3/c25-11-8-20-17-23(9-10-24(20)16-18-4-2-1-3-5-18)15-19-6-7-21-22(14-19)27-13-12-26-21/h6-7,14,18,20,25H,1-5,8-13,15-17H2. The molecule has 2 heterocycles. The van der Waals surface area contributed by atoms with E-state index in [1.54, 1.807) is 0 Å². The van der Waals surface area contributed by atoms with Crippen LogP contribution in [0.15, 0.2) is 18.2 Å². The van der Waals surface area contributed by atoms with Crippen LogP contribution in [0.1, 0.15) is 44.1 Å². The maximum absolute atomic E-state index is 9.57. The van der Waals surface area contributed by atoms with Gasteiger partial charge in [0.15, 0.2) is 11.5 Å². The molecule has 1 aliphatic carbocycles. The van der Waals surface area contributed by atoms with E-state index in [1.165, 1.54) is 44.2 Å². The van der Waals surface area contributed by atoms with E-state index in [1.807, 2.05) is 6.07 Å². The Morgan fingerprint density at radius 1 is 1.00 bits per heavy atom. The minimum absolute atomic E-state index is 0.281. The molecule has 1 atom stereocenters. The zero-order valence-electron chi connectivity index (χ0n) is 16.4. The number of hydrogen-bond acceptors (Lipinski definition) is 5. The number of ether oxygens (including phenoxy) is 2. The monoisotopic (exact) mass is 374 g/mol. The van der Waals surface area contributed by atoms with Gasteiger partial charge in [0.1, 0.15) is 13.2 Å². The number of hydrogen-bond donors (Lipinski definition) is 1. The van der Waals surface area contributed by atoms with Gasteiger partial charge in [-0.05, 0) is 42.9 Å². The summed E-state index contributed by atoms with van der Waals surface area (Å²) in [5.41, 5.74) is 1.28. The number of piperazine rings is 1. The molecule has 1 aromatic carbocycles. The van der Waals surface area contributed by atoms with Gasteiger partial charge in [0.05, 0.1) is 0 Å². The molecule has 1 N–H and O–H groups in total. The van der Waals surface area contributed by atoms with Crippen LogP contribution in [0.5, 0.6) is 11.5 Å². The lowest BCUT2D eigenvalue weighted by molar-refractivity contribution is 0.0400. The van der Waals surface area contributed by atoms with Crippen LogP contribution in [-0.4, -0.2) is 66.9 Å². The van der Waals surface area contributed by atoms with E-state index in [0.29, 0.717) is 19.3 Å². The summed E-state index contributed by atoms with van der Waals surface area (Å²) in [7, 11) is 0. The second-order valence-electron chi connectivity index (χ2n) is 8.38. The quantitative estimate of drug-likeness (QED) is 0.830. The zero-order valence-corrected chi connectivity index (χ0v) is 16.4. The topological polar surface area (TPSA) is 45.2 Å². The average molecular weight is 375 g/mol. The Bertz CT molecular complexity index is 603. The van der Waals surface area contributed by atoms with E-state index >= 15 is 0 Å². The van der Waals surface area contributed by atoms with E-state index in [2.05, 4.69) is 21.9 Å². The van der Waals surface area contributed by atoms with Crippen molar-refractivity contribution >= 4 is 0 Å². The fourth-order valence-corrected chi connectivity index (χ4v) is 4.91. The number of benzene rings is 1. The normalized spacial score (nSPS) is 24.9. The van der Waals surface area contributed by atoms with Crippen LogP contribution in [-0.2, 0) is 6.54 Å². The van der Waals surface area contributed by atoms with Crippen molar-refractivity contribution in [2.24, 2.45) is 5.92 Å². The summed E-state index contributed by atoms with van der Waals surface area (Å²) in [6, 6.07) is 6.80. The number of nitrogens with zero attached hydrogens (tertiary/aromatic N) is 2. The third kappa shape index (κ3) is 4.95. The van der Waals surface area contributed by atoms with Gasteiger partial charge in [0.2, 0.25) is 0 Å². The van der Waals surface area contributed by atoms with E-state index in [9.17, 15) is 5.11 Å². The molecule has 5 heteroatoms. The van der Waals surface area contributed by atoms with Gasteiger partial charge in [0.25, 0.3) is 0 Å². The van der Waals surface area contributed by atoms with Crippen molar-refractivity contribution in [2.45, 2.75) is 51.1 Å². The van der Waals surface area contributed by atoms with Crippen molar-refractivity contribution in [1.29, 1.82) is 0 Å². The highest BCUT2D eigenvalue weighted by molar-refractivity contribution is 5.43. The van der Waals surface area contributed by atoms with E-state index in [-0.39, 0.29) is 6.61 Å². The first kappa shape index (κ1) is 19.0. The SMILES string of the molecule is OCCC1CN(Cc2ccc3c(c2)OCCO3)CCN1CC1CCCCC1. The highest BCUT2D eigenvalue weighted by Gasteiger charge is 2.29. The summed E-state index contributed by atoms with van der Waals surface area (Å²) in [5, 5.41) is 9.57. The summed E-state index contributed by atoms with van der Waals surface area (Å²) < 4.78 is 11.4. The van der Waals surface area contributed by atoms with Crippen LogP contribution in [0.25, 0.3) is 0 Å². The molecule has 1 aromatic rings. The second-order valence-corrected chi connectivity index (χ2v) is 8.38. The number of rotatable bonds is 6. The summed E-state index contributed by atoms with van der Waals surface area (Å²) >= 11 is 0. The second kappa shape index (κ2) is 9.26. The first-order chi connectivity index (χ1) is 13.3. The first-order valence-electron chi connectivity index (χ1n) is 10.8. The highest BCUT2D eigenvalue weighted by atomic mass is 16.6. The van der Waals surface area contributed by atoms with Crippen molar-refractivity contribution in [3.63, 3.8) is 0 Å². The van der Waals surface area contributed by atoms with Crippen LogP contribution < -0.4 is 9.47 Å². The van der Waals surface area contributed by atoms with Crippen LogP contribution in [0.3, 0.4) is 0 Å². The first-order valence-corrected chi connectivity index (χ1v) is 10.8. The molecule has 2 aliphatic heterocycles. The van der Waals surface area contributed by atoms with E-state index in [4.69, 9.17) is 9.47 Å². The predicted octanol–water partition coefficient (Wildman–Crippen LogP) is 2.91. The molecule has 1 unspecified atom stereocenters. The molecule has 1 saturated carbocycles.